The van der Waals surface area contributed by atoms with Crippen molar-refractivity contribution in [2.75, 3.05) is 6.54 Å². The summed E-state index contributed by atoms with van der Waals surface area (Å²) >= 11 is 0. The van der Waals surface area contributed by atoms with Gasteiger partial charge in [-0.2, -0.15) is 0 Å². The molecular weight excluding hydrogens is 400 g/mol. The predicted octanol–water partition coefficient (Wildman–Crippen LogP) is 3.45. The SMILES string of the molecule is O=C1[C@@H]2Cc3c([nH]c4ccccc34)[C@H](c3ccccc3)N2C(=O)CN1Cc1ccncc1. The van der Waals surface area contributed by atoms with Crippen molar-refractivity contribution in [1.29, 1.82) is 0 Å². The lowest BCUT2D eigenvalue weighted by Gasteiger charge is -2.47. The highest BCUT2D eigenvalue weighted by Crippen LogP contribution is 2.42. The van der Waals surface area contributed by atoms with Crippen LogP contribution in [-0.2, 0) is 22.6 Å². The fraction of sp³-hybridized carbons (Fsp3) is 0.192. The van der Waals surface area contributed by atoms with Crippen LogP contribution >= 0.6 is 0 Å². The summed E-state index contributed by atoms with van der Waals surface area (Å²) in [5.74, 6) is -0.0277. The van der Waals surface area contributed by atoms with E-state index in [0.717, 1.165) is 33.3 Å². The first-order valence-electron chi connectivity index (χ1n) is 10.8. The first-order valence-corrected chi connectivity index (χ1v) is 10.8. The zero-order valence-corrected chi connectivity index (χ0v) is 17.4. The number of para-hydroxylation sites is 1. The summed E-state index contributed by atoms with van der Waals surface area (Å²) in [7, 11) is 0. The van der Waals surface area contributed by atoms with Crippen LogP contribution in [-0.4, -0.2) is 44.2 Å². The molecule has 1 fully saturated rings. The van der Waals surface area contributed by atoms with Crippen LogP contribution in [0.4, 0.5) is 0 Å². The number of hydrogen-bond donors (Lipinski definition) is 1. The van der Waals surface area contributed by atoms with E-state index in [-0.39, 0.29) is 24.4 Å². The predicted molar refractivity (Wildman–Crippen MR) is 121 cm³/mol. The Hall–Kier alpha value is -3.93. The Morgan fingerprint density at radius 1 is 0.938 bits per heavy atom. The van der Waals surface area contributed by atoms with Crippen molar-refractivity contribution in [3.63, 3.8) is 0 Å². The molecule has 0 bridgehead atoms. The molecule has 6 heteroatoms. The van der Waals surface area contributed by atoms with Crippen molar-refractivity contribution in [3.8, 4) is 0 Å². The number of carbonyl (C=O) groups excluding carboxylic acids is 2. The molecule has 2 aliphatic rings. The Morgan fingerprint density at radius 3 is 2.50 bits per heavy atom. The molecule has 0 radical (unpaired) electrons. The van der Waals surface area contributed by atoms with Gasteiger partial charge in [-0.1, -0.05) is 48.5 Å². The van der Waals surface area contributed by atoms with Crippen LogP contribution in [0.15, 0.2) is 79.1 Å². The Kier molecular flexibility index (Phi) is 4.31. The Labute approximate surface area is 185 Å². The Morgan fingerprint density at radius 2 is 1.69 bits per heavy atom. The Balaban J connectivity index is 1.46. The van der Waals surface area contributed by atoms with Crippen molar-refractivity contribution in [2.45, 2.75) is 25.0 Å². The largest absolute Gasteiger partial charge is 0.356 e. The standard InChI is InChI=1S/C26H22N4O2/c31-23-16-29(15-17-10-12-27-13-11-17)26(32)22-14-20-19-8-4-5-9-21(19)28-24(20)25(30(22)23)18-6-2-1-3-7-18/h1-13,22,25,28H,14-16H2/t22-,25-/m0/s1. The topological polar surface area (TPSA) is 69.3 Å². The quantitative estimate of drug-likeness (QED) is 0.550. The first kappa shape index (κ1) is 18.8. The van der Waals surface area contributed by atoms with E-state index in [2.05, 4.69) is 16.0 Å². The third kappa shape index (κ3) is 2.91. The van der Waals surface area contributed by atoms with Crippen LogP contribution in [0.1, 0.15) is 28.4 Å². The highest BCUT2D eigenvalue weighted by Gasteiger charge is 2.48. The first-order chi connectivity index (χ1) is 15.7. The van der Waals surface area contributed by atoms with Gasteiger partial charge in [0.1, 0.15) is 12.6 Å². The van der Waals surface area contributed by atoms with Gasteiger partial charge in [-0.15, -0.1) is 0 Å². The second-order valence-electron chi connectivity index (χ2n) is 8.45. The Bertz CT molecular complexity index is 1320. The monoisotopic (exact) mass is 422 g/mol. The summed E-state index contributed by atoms with van der Waals surface area (Å²) in [6, 6.07) is 21.1. The third-order valence-electron chi connectivity index (χ3n) is 6.58. The number of aromatic nitrogens is 2. The lowest BCUT2D eigenvalue weighted by atomic mass is 9.86. The van der Waals surface area contributed by atoms with E-state index in [1.165, 1.54) is 0 Å². The normalized spacial score (nSPS) is 20.4. The van der Waals surface area contributed by atoms with E-state index >= 15 is 0 Å². The molecular formula is C26H22N4O2. The van der Waals surface area contributed by atoms with E-state index in [4.69, 9.17) is 0 Å². The van der Waals surface area contributed by atoms with E-state index < -0.39 is 6.04 Å². The van der Waals surface area contributed by atoms with E-state index in [9.17, 15) is 9.59 Å². The van der Waals surface area contributed by atoms with Gasteiger partial charge in [0, 0.05) is 42.0 Å². The van der Waals surface area contributed by atoms with Gasteiger partial charge in [-0.25, -0.2) is 0 Å². The van der Waals surface area contributed by atoms with Crippen LogP contribution in [0.5, 0.6) is 0 Å². The fourth-order valence-corrected chi connectivity index (χ4v) is 5.15. The number of H-pyrrole nitrogens is 1. The summed E-state index contributed by atoms with van der Waals surface area (Å²) in [5.41, 5.74) is 5.15. The third-order valence-corrected chi connectivity index (χ3v) is 6.58. The molecule has 2 atom stereocenters. The molecule has 4 aromatic rings. The van der Waals surface area contributed by atoms with Crippen LogP contribution < -0.4 is 0 Å². The lowest BCUT2D eigenvalue weighted by molar-refractivity contribution is -0.159. The lowest BCUT2D eigenvalue weighted by Crippen LogP contribution is -2.62. The maximum absolute atomic E-state index is 13.7. The molecule has 2 aromatic carbocycles. The van der Waals surface area contributed by atoms with Gasteiger partial charge in [0.25, 0.3) is 0 Å². The molecule has 2 aliphatic heterocycles. The molecule has 2 amide bonds. The van der Waals surface area contributed by atoms with Crippen LogP contribution in [0.25, 0.3) is 10.9 Å². The van der Waals surface area contributed by atoms with Crippen LogP contribution in [0.3, 0.4) is 0 Å². The van der Waals surface area contributed by atoms with Gasteiger partial charge in [0.05, 0.1) is 6.04 Å². The van der Waals surface area contributed by atoms with Gasteiger partial charge in [0.15, 0.2) is 0 Å². The maximum atomic E-state index is 13.7. The molecule has 1 saturated heterocycles. The van der Waals surface area contributed by atoms with Gasteiger partial charge in [0.2, 0.25) is 11.8 Å². The van der Waals surface area contributed by atoms with Gasteiger partial charge in [-0.05, 0) is 34.9 Å². The number of aromatic amines is 1. The summed E-state index contributed by atoms with van der Waals surface area (Å²) in [4.78, 5) is 38.2. The molecule has 1 N–H and O–H groups in total. The fourth-order valence-electron chi connectivity index (χ4n) is 5.15. The zero-order valence-electron chi connectivity index (χ0n) is 17.4. The molecule has 4 heterocycles. The minimum absolute atomic E-state index is 0.00160. The molecule has 6 rings (SSSR count). The number of nitrogens with one attached hydrogen (secondary N) is 1. The van der Waals surface area contributed by atoms with E-state index in [0.29, 0.717) is 13.0 Å². The summed E-state index contributed by atoms with van der Waals surface area (Å²) in [6.07, 6.45) is 3.93. The molecule has 0 aliphatic carbocycles. The second-order valence-corrected chi connectivity index (χ2v) is 8.45. The average Bonchev–Trinajstić information content (AvgIpc) is 3.21. The summed E-state index contributed by atoms with van der Waals surface area (Å²) in [5, 5.41) is 1.12. The average molecular weight is 422 g/mol. The summed E-state index contributed by atoms with van der Waals surface area (Å²) in [6.45, 7) is 0.491. The molecule has 0 saturated carbocycles. The zero-order chi connectivity index (χ0) is 21.7. The molecule has 6 nitrogen and oxygen atoms in total. The number of hydrogen-bond acceptors (Lipinski definition) is 3. The number of amides is 2. The highest BCUT2D eigenvalue weighted by atomic mass is 16.2. The van der Waals surface area contributed by atoms with Crippen molar-refractivity contribution in [2.24, 2.45) is 0 Å². The number of nitrogens with zero attached hydrogens (tertiary/aromatic N) is 3. The molecule has 2 aromatic heterocycles. The van der Waals surface area contributed by atoms with Gasteiger partial charge in [-0.3, -0.25) is 14.6 Å². The highest BCUT2D eigenvalue weighted by molar-refractivity contribution is 5.97. The van der Waals surface area contributed by atoms with Crippen molar-refractivity contribution in [1.82, 2.24) is 19.8 Å². The smallest absolute Gasteiger partial charge is 0.246 e. The molecule has 0 spiro atoms. The number of piperazine rings is 1. The molecule has 32 heavy (non-hydrogen) atoms. The number of carbonyl (C=O) groups is 2. The molecule has 158 valence electrons. The number of rotatable bonds is 3. The van der Waals surface area contributed by atoms with Gasteiger partial charge < -0.3 is 14.8 Å². The number of fused-ring (bicyclic) bond motifs is 4. The second kappa shape index (κ2) is 7.34. The molecule has 0 unspecified atom stereocenters. The van der Waals surface area contributed by atoms with Crippen molar-refractivity contribution in [3.05, 3.63) is 102 Å². The van der Waals surface area contributed by atoms with E-state index in [1.807, 2.05) is 60.7 Å². The maximum Gasteiger partial charge on any atom is 0.246 e. The summed E-state index contributed by atoms with van der Waals surface area (Å²) < 4.78 is 0. The van der Waals surface area contributed by atoms with Crippen molar-refractivity contribution >= 4 is 22.7 Å². The number of pyridine rings is 1. The van der Waals surface area contributed by atoms with Crippen LogP contribution in [0, 0.1) is 0 Å². The minimum Gasteiger partial charge on any atom is -0.356 e. The van der Waals surface area contributed by atoms with Gasteiger partial charge >= 0.3 is 0 Å². The minimum atomic E-state index is -0.519. The van der Waals surface area contributed by atoms with Crippen LogP contribution in [0.2, 0.25) is 0 Å². The van der Waals surface area contributed by atoms with E-state index in [1.54, 1.807) is 22.2 Å². The van der Waals surface area contributed by atoms with Crippen molar-refractivity contribution < 1.29 is 9.59 Å². The number of benzene rings is 2.